The van der Waals surface area contributed by atoms with E-state index in [4.69, 9.17) is 9.88 Å². The van der Waals surface area contributed by atoms with Gasteiger partial charge in [-0.25, -0.2) is 18.5 Å². The van der Waals surface area contributed by atoms with Crippen molar-refractivity contribution in [3.63, 3.8) is 0 Å². The number of ether oxygens (including phenoxy) is 1. The molecular weight excluding hydrogens is 358 g/mol. The molecule has 2 rings (SSSR count). The Hall–Kier alpha value is -1.38. The first kappa shape index (κ1) is 16.0. The van der Waals surface area contributed by atoms with E-state index in [1.807, 2.05) is 10.8 Å². The topological polar surface area (TPSA) is 87.2 Å². The molecule has 1 aromatic heterocycles. The van der Waals surface area contributed by atoms with Gasteiger partial charge in [0, 0.05) is 23.4 Å². The van der Waals surface area contributed by atoms with Crippen molar-refractivity contribution >= 4 is 26.0 Å². The zero-order valence-electron chi connectivity index (χ0n) is 11.5. The van der Waals surface area contributed by atoms with Gasteiger partial charge in [-0.2, -0.15) is 0 Å². The van der Waals surface area contributed by atoms with Gasteiger partial charge in [0.05, 0.1) is 12.9 Å². The zero-order chi connectivity index (χ0) is 15.5. The molecule has 2 aromatic rings. The summed E-state index contributed by atoms with van der Waals surface area (Å²) in [5.74, 6) is 0.311. The number of primary sulfonamides is 1. The van der Waals surface area contributed by atoms with Gasteiger partial charge < -0.3 is 9.30 Å². The van der Waals surface area contributed by atoms with Gasteiger partial charge in [-0.05, 0) is 31.0 Å². The summed E-state index contributed by atoms with van der Waals surface area (Å²) < 4.78 is 31.5. The number of nitrogens with two attached hydrogens (primary N) is 1. The summed E-state index contributed by atoms with van der Waals surface area (Å²) in [5.41, 5.74) is 0.719. The number of rotatable bonds is 6. The van der Waals surface area contributed by atoms with Gasteiger partial charge in [-0.1, -0.05) is 15.9 Å². The zero-order valence-corrected chi connectivity index (χ0v) is 13.9. The van der Waals surface area contributed by atoms with Gasteiger partial charge >= 0.3 is 0 Å². The van der Waals surface area contributed by atoms with Crippen LogP contribution < -0.4 is 9.88 Å². The van der Waals surface area contributed by atoms with Gasteiger partial charge in [0.1, 0.15) is 10.6 Å². The number of aryl methyl sites for hydroxylation is 2. The summed E-state index contributed by atoms with van der Waals surface area (Å²) in [4.78, 5) is 3.95. The first-order valence-electron chi connectivity index (χ1n) is 6.29. The highest BCUT2D eigenvalue weighted by molar-refractivity contribution is 9.10. The molecule has 0 fully saturated rings. The van der Waals surface area contributed by atoms with Crippen molar-refractivity contribution in [3.8, 4) is 5.75 Å². The van der Waals surface area contributed by atoms with E-state index in [1.165, 1.54) is 6.07 Å². The minimum Gasteiger partial charge on any atom is -0.492 e. The molecule has 114 valence electrons. The maximum absolute atomic E-state index is 11.6. The van der Waals surface area contributed by atoms with Crippen molar-refractivity contribution in [2.75, 3.05) is 6.61 Å². The first-order chi connectivity index (χ1) is 9.88. The number of hydrogen-bond donors (Lipinski definition) is 1. The molecule has 0 unspecified atom stereocenters. The number of benzene rings is 1. The molecule has 0 aliphatic rings. The smallest absolute Gasteiger partial charge is 0.241 e. The van der Waals surface area contributed by atoms with E-state index in [0.29, 0.717) is 16.8 Å². The van der Waals surface area contributed by atoms with Crippen LogP contribution in [0.5, 0.6) is 5.75 Å². The van der Waals surface area contributed by atoms with E-state index in [0.717, 1.165) is 18.5 Å². The molecule has 6 nitrogen and oxygen atoms in total. The first-order valence-corrected chi connectivity index (χ1v) is 8.63. The molecule has 2 N–H and O–H groups in total. The summed E-state index contributed by atoms with van der Waals surface area (Å²) in [5, 5.41) is 5.24. The number of hydrogen-bond acceptors (Lipinski definition) is 4. The highest BCUT2D eigenvalue weighted by Gasteiger charge is 2.18. The molecule has 0 saturated heterocycles. The number of imidazole rings is 1. The Kier molecular flexibility index (Phi) is 5.02. The van der Waals surface area contributed by atoms with Crippen LogP contribution >= 0.6 is 15.9 Å². The third-order valence-electron chi connectivity index (χ3n) is 2.88. The standard InChI is InChI=1S/C13H16BrN3O3S/c1-10-7-11(14)8-12(21(15,18)19)13(10)20-6-2-4-17-5-3-16-9-17/h3,5,7-9H,2,4,6H2,1H3,(H2,15,18,19). The number of sulfonamides is 1. The van der Waals surface area contributed by atoms with Crippen LogP contribution in [0, 0.1) is 6.92 Å². The van der Waals surface area contributed by atoms with E-state index in [-0.39, 0.29) is 4.90 Å². The molecule has 0 aliphatic heterocycles. The molecule has 0 atom stereocenters. The predicted molar refractivity (Wildman–Crippen MR) is 82.6 cm³/mol. The van der Waals surface area contributed by atoms with E-state index in [9.17, 15) is 8.42 Å². The largest absolute Gasteiger partial charge is 0.492 e. The molecule has 0 bridgehead atoms. The van der Waals surface area contributed by atoms with Crippen molar-refractivity contribution in [3.05, 3.63) is 40.9 Å². The lowest BCUT2D eigenvalue weighted by Gasteiger charge is -2.13. The summed E-state index contributed by atoms with van der Waals surface area (Å²) in [6.07, 6.45) is 6.02. The Morgan fingerprint density at radius 3 is 2.81 bits per heavy atom. The van der Waals surface area contributed by atoms with E-state index in [1.54, 1.807) is 25.5 Å². The normalized spacial score (nSPS) is 11.6. The van der Waals surface area contributed by atoms with Crippen LogP contribution in [0.1, 0.15) is 12.0 Å². The summed E-state index contributed by atoms with van der Waals surface area (Å²) in [7, 11) is -3.83. The Labute approximate surface area is 132 Å². The highest BCUT2D eigenvalue weighted by Crippen LogP contribution is 2.31. The third-order valence-corrected chi connectivity index (χ3v) is 4.25. The van der Waals surface area contributed by atoms with Crippen LogP contribution in [-0.2, 0) is 16.6 Å². The fourth-order valence-electron chi connectivity index (χ4n) is 1.94. The van der Waals surface area contributed by atoms with Gasteiger partial charge in [0.15, 0.2) is 0 Å². The molecule has 1 aromatic carbocycles. The lowest BCUT2D eigenvalue weighted by atomic mass is 10.2. The summed E-state index contributed by atoms with van der Waals surface area (Å²) in [6.45, 7) is 2.92. The number of nitrogens with zero attached hydrogens (tertiary/aromatic N) is 2. The van der Waals surface area contributed by atoms with Crippen molar-refractivity contribution in [2.45, 2.75) is 24.8 Å². The van der Waals surface area contributed by atoms with Crippen LogP contribution in [-0.4, -0.2) is 24.6 Å². The maximum atomic E-state index is 11.6. The van der Waals surface area contributed by atoms with Crippen molar-refractivity contribution in [2.24, 2.45) is 5.14 Å². The van der Waals surface area contributed by atoms with Gasteiger partial charge in [0.25, 0.3) is 0 Å². The minimum absolute atomic E-state index is 0.00277. The second kappa shape index (κ2) is 6.59. The van der Waals surface area contributed by atoms with E-state index in [2.05, 4.69) is 20.9 Å². The lowest BCUT2D eigenvalue weighted by molar-refractivity contribution is 0.292. The molecule has 0 saturated carbocycles. The van der Waals surface area contributed by atoms with E-state index >= 15 is 0 Å². The molecule has 0 spiro atoms. The second-order valence-electron chi connectivity index (χ2n) is 4.60. The fourth-order valence-corrected chi connectivity index (χ4v) is 3.43. The minimum atomic E-state index is -3.83. The molecule has 1 heterocycles. The van der Waals surface area contributed by atoms with Crippen LogP contribution in [0.3, 0.4) is 0 Å². The second-order valence-corrected chi connectivity index (χ2v) is 7.04. The number of halogens is 1. The van der Waals surface area contributed by atoms with Crippen LogP contribution in [0.4, 0.5) is 0 Å². The van der Waals surface area contributed by atoms with Crippen molar-refractivity contribution in [1.29, 1.82) is 0 Å². The van der Waals surface area contributed by atoms with Gasteiger partial charge in [0.2, 0.25) is 10.0 Å². The Bertz CT molecular complexity index is 715. The average Bonchev–Trinajstić information content (AvgIpc) is 2.87. The predicted octanol–water partition coefficient (Wildman–Crippen LogP) is 2.07. The molecule has 0 amide bonds. The van der Waals surface area contributed by atoms with E-state index < -0.39 is 10.0 Å². The SMILES string of the molecule is Cc1cc(Br)cc(S(N)(=O)=O)c1OCCCn1ccnc1. The Morgan fingerprint density at radius 1 is 1.43 bits per heavy atom. The molecule has 0 aliphatic carbocycles. The fraction of sp³-hybridized carbons (Fsp3) is 0.308. The molecule has 8 heteroatoms. The lowest BCUT2D eigenvalue weighted by Crippen LogP contribution is -2.15. The Balaban J connectivity index is 2.08. The number of aromatic nitrogens is 2. The molecule has 21 heavy (non-hydrogen) atoms. The van der Waals surface area contributed by atoms with Crippen LogP contribution in [0.2, 0.25) is 0 Å². The van der Waals surface area contributed by atoms with Gasteiger partial charge in [-0.3, -0.25) is 0 Å². The average molecular weight is 374 g/mol. The maximum Gasteiger partial charge on any atom is 0.241 e. The summed E-state index contributed by atoms with van der Waals surface area (Å²) >= 11 is 3.26. The Morgan fingerprint density at radius 2 is 2.19 bits per heavy atom. The highest BCUT2D eigenvalue weighted by atomic mass is 79.9. The van der Waals surface area contributed by atoms with Crippen LogP contribution in [0.15, 0.2) is 40.2 Å². The monoisotopic (exact) mass is 373 g/mol. The summed E-state index contributed by atoms with van der Waals surface area (Å²) in [6, 6.07) is 3.24. The molecule has 0 radical (unpaired) electrons. The van der Waals surface area contributed by atoms with Crippen molar-refractivity contribution in [1.82, 2.24) is 9.55 Å². The van der Waals surface area contributed by atoms with Gasteiger partial charge in [-0.15, -0.1) is 0 Å². The quantitative estimate of drug-likeness (QED) is 0.785. The van der Waals surface area contributed by atoms with Crippen LogP contribution in [0.25, 0.3) is 0 Å². The van der Waals surface area contributed by atoms with Crippen molar-refractivity contribution < 1.29 is 13.2 Å². The third kappa shape index (κ3) is 4.29. The molecular formula is C13H16BrN3O3S.